The van der Waals surface area contributed by atoms with Gasteiger partial charge in [0.05, 0.1) is 49.9 Å². The number of furan rings is 1. The van der Waals surface area contributed by atoms with Crippen LogP contribution in [0.1, 0.15) is 0 Å². The van der Waals surface area contributed by atoms with Crippen LogP contribution in [0.15, 0.2) is 241 Å². The van der Waals surface area contributed by atoms with Crippen LogP contribution in [0.25, 0.3) is 138 Å². The van der Waals surface area contributed by atoms with Gasteiger partial charge in [0.1, 0.15) is 11.2 Å². The molecule has 0 saturated heterocycles. The summed E-state index contributed by atoms with van der Waals surface area (Å²) >= 11 is 0. The standard InChI is InChI=1S/C64H39N5O/c1-3-15-40(16-4-1)53-39-54(41-27-31-45(32-28-41)68-57-25-13-9-22-50(57)62-60(68)36-33-49-48-21-10-14-26-61(48)70-63(49)62)66-64(65-53)69-56-24-12-8-20-47(56)52-38-43(30-35-59(52)69)42-29-34-58-51(37-42)46-19-7-11-23-55(46)67(58)44-17-5-2-6-18-44/h1-39H. The quantitative estimate of drug-likeness (QED) is 0.167. The summed E-state index contributed by atoms with van der Waals surface area (Å²) < 4.78 is 13.5. The topological polar surface area (TPSA) is 53.7 Å². The van der Waals surface area contributed by atoms with E-state index >= 15 is 0 Å². The third-order valence-electron chi connectivity index (χ3n) is 14.3. The predicted octanol–water partition coefficient (Wildman–Crippen LogP) is 16.7. The molecule has 6 heteroatoms. The summed E-state index contributed by atoms with van der Waals surface area (Å²) in [6, 6.07) is 84.2. The molecule has 0 N–H and O–H groups in total. The Morgan fingerprint density at radius 2 is 0.743 bits per heavy atom. The van der Waals surface area contributed by atoms with Gasteiger partial charge in [-0.2, -0.15) is 0 Å². The maximum atomic E-state index is 6.58. The smallest absolute Gasteiger partial charge is 0.235 e. The zero-order chi connectivity index (χ0) is 45.9. The lowest BCUT2D eigenvalue weighted by Crippen LogP contribution is -2.04. The van der Waals surface area contributed by atoms with E-state index in [-0.39, 0.29) is 0 Å². The van der Waals surface area contributed by atoms with E-state index in [4.69, 9.17) is 14.4 Å². The molecule has 5 heterocycles. The van der Waals surface area contributed by atoms with Crippen molar-refractivity contribution >= 4 is 87.4 Å². The minimum atomic E-state index is 0.617. The fourth-order valence-electron chi connectivity index (χ4n) is 11.1. The fourth-order valence-corrected chi connectivity index (χ4v) is 11.1. The van der Waals surface area contributed by atoms with Crippen molar-refractivity contribution in [1.82, 2.24) is 23.7 Å². The Bertz CT molecular complexity index is 4580. The predicted molar refractivity (Wildman–Crippen MR) is 289 cm³/mol. The van der Waals surface area contributed by atoms with Gasteiger partial charge in [0, 0.05) is 60.2 Å². The Hall–Kier alpha value is -9.52. The van der Waals surface area contributed by atoms with Crippen molar-refractivity contribution in [2.24, 2.45) is 0 Å². The molecule has 0 bridgehead atoms. The van der Waals surface area contributed by atoms with Crippen LogP contribution in [-0.4, -0.2) is 23.7 Å². The first-order chi connectivity index (χ1) is 34.7. The fraction of sp³-hybridized carbons (Fsp3) is 0. The van der Waals surface area contributed by atoms with Crippen molar-refractivity contribution in [2.45, 2.75) is 0 Å². The Kier molecular flexibility index (Phi) is 8.26. The molecular formula is C64H39N5O. The van der Waals surface area contributed by atoms with Crippen LogP contribution < -0.4 is 0 Å². The van der Waals surface area contributed by atoms with E-state index in [1.54, 1.807) is 0 Å². The van der Waals surface area contributed by atoms with E-state index in [0.717, 1.165) is 105 Å². The number of hydrogen-bond donors (Lipinski definition) is 0. The van der Waals surface area contributed by atoms with Gasteiger partial charge >= 0.3 is 0 Å². The first-order valence-electron chi connectivity index (χ1n) is 23.7. The van der Waals surface area contributed by atoms with E-state index in [0.29, 0.717) is 5.95 Å². The summed E-state index contributed by atoms with van der Waals surface area (Å²) in [6.45, 7) is 0. The van der Waals surface area contributed by atoms with E-state index in [2.05, 4.69) is 232 Å². The first kappa shape index (κ1) is 38.6. The van der Waals surface area contributed by atoms with Gasteiger partial charge in [-0.25, -0.2) is 9.97 Å². The van der Waals surface area contributed by atoms with Gasteiger partial charge in [0.15, 0.2) is 0 Å². The molecule has 326 valence electrons. The lowest BCUT2D eigenvalue weighted by Gasteiger charge is -2.13. The number of nitrogens with zero attached hydrogens (tertiary/aromatic N) is 5. The monoisotopic (exact) mass is 893 g/mol. The van der Waals surface area contributed by atoms with Gasteiger partial charge < -0.3 is 13.6 Å². The molecule has 70 heavy (non-hydrogen) atoms. The van der Waals surface area contributed by atoms with Crippen LogP contribution in [0.2, 0.25) is 0 Å². The van der Waals surface area contributed by atoms with E-state index in [9.17, 15) is 0 Å². The molecule has 0 aliphatic heterocycles. The molecule has 15 aromatic rings. The molecule has 0 saturated carbocycles. The normalized spacial score (nSPS) is 12.0. The summed E-state index contributed by atoms with van der Waals surface area (Å²) in [5.74, 6) is 0.617. The average molecular weight is 894 g/mol. The number of para-hydroxylation sites is 5. The first-order valence-corrected chi connectivity index (χ1v) is 23.7. The van der Waals surface area contributed by atoms with Gasteiger partial charge in [0.2, 0.25) is 5.95 Å². The zero-order valence-corrected chi connectivity index (χ0v) is 37.7. The minimum absolute atomic E-state index is 0.617. The molecule has 0 radical (unpaired) electrons. The molecule has 0 unspecified atom stereocenters. The highest BCUT2D eigenvalue weighted by atomic mass is 16.3. The van der Waals surface area contributed by atoms with Gasteiger partial charge in [-0.1, -0.05) is 146 Å². The highest BCUT2D eigenvalue weighted by Crippen LogP contribution is 2.42. The molecule has 0 amide bonds. The highest BCUT2D eigenvalue weighted by Gasteiger charge is 2.21. The van der Waals surface area contributed by atoms with Crippen LogP contribution in [0.4, 0.5) is 0 Å². The maximum Gasteiger partial charge on any atom is 0.235 e. The van der Waals surface area contributed by atoms with Crippen LogP contribution >= 0.6 is 0 Å². The molecular weight excluding hydrogens is 855 g/mol. The molecule has 10 aromatic carbocycles. The molecule has 5 aromatic heterocycles. The van der Waals surface area contributed by atoms with Crippen LogP contribution in [0, 0.1) is 0 Å². The zero-order valence-electron chi connectivity index (χ0n) is 37.7. The van der Waals surface area contributed by atoms with Crippen molar-refractivity contribution in [2.75, 3.05) is 0 Å². The highest BCUT2D eigenvalue weighted by molar-refractivity contribution is 6.24. The molecule has 6 nitrogen and oxygen atoms in total. The van der Waals surface area contributed by atoms with Crippen LogP contribution in [0.3, 0.4) is 0 Å². The SMILES string of the molecule is c1ccc(-c2cc(-c3ccc(-n4c5ccccc5c5c6oc7ccccc7c6ccc54)cc3)nc(-n3c4ccccc4c4cc(-c5ccc6c(c5)c5ccccc5n6-c5ccccc5)ccc43)n2)cc1. The number of hydrogen-bond acceptors (Lipinski definition) is 3. The molecule has 15 rings (SSSR count). The Labute approximate surface area is 401 Å². The summed E-state index contributed by atoms with van der Waals surface area (Å²) in [5.41, 5.74) is 16.8. The van der Waals surface area contributed by atoms with E-state index in [1.807, 2.05) is 18.2 Å². The Balaban J connectivity index is 0.870. The van der Waals surface area contributed by atoms with Gasteiger partial charge in [-0.15, -0.1) is 0 Å². The minimum Gasteiger partial charge on any atom is -0.455 e. The maximum absolute atomic E-state index is 6.58. The van der Waals surface area contributed by atoms with Crippen molar-refractivity contribution in [3.05, 3.63) is 237 Å². The van der Waals surface area contributed by atoms with Crippen LogP contribution in [-0.2, 0) is 0 Å². The Morgan fingerprint density at radius 1 is 0.286 bits per heavy atom. The second-order valence-corrected chi connectivity index (χ2v) is 18.1. The van der Waals surface area contributed by atoms with Crippen molar-refractivity contribution in [3.63, 3.8) is 0 Å². The van der Waals surface area contributed by atoms with E-state index < -0.39 is 0 Å². The van der Waals surface area contributed by atoms with Crippen molar-refractivity contribution < 1.29 is 4.42 Å². The van der Waals surface area contributed by atoms with Gasteiger partial charge in [-0.3, -0.25) is 4.57 Å². The lowest BCUT2D eigenvalue weighted by molar-refractivity contribution is 0.673. The van der Waals surface area contributed by atoms with Gasteiger partial charge in [0.25, 0.3) is 0 Å². The van der Waals surface area contributed by atoms with Crippen LogP contribution in [0.5, 0.6) is 0 Å². The van der Waals surface area contributed by atoms with Gasteiger partial charge in [-0.05, 0) is 102 Å². The summed E-state index contributed by atoms with van der Waals surface area (Å²) in [4.78, 5) is 10.8. The Morgan fingerprint density at radius 3 is 1.41 bits per heavy atom. The molecule has 0 spiro atoms. The number of fused-ring (bicyclic) bond motifs is 13. The second kappa shape index (κ2) is 15.0. The largest absolute Gasteiger partial charge is 0.455 e. The molecule has 0 aliphatic carbocycles. The van der Waals surface area contributed by atoms with E-state index in [1.165, 1.54) is 27.4 Å². The number of rotatable bonds is 6. The second-order valence-electron chi connectivity index (χ2n) is 18.1. The third-order valence-corrected chi connectivity index (χ3v) is 14.3. The summed E-state index contributed by atoms with van der Waals surface area (Å²) in [7, 11) is 0. The molecule has 0 aliphatic rings. The summed E-state index contributed by atoms with van der Waals surface area (Å²) in [5, 5.41) is 9.28. The third kappa shape index (κ3) is 5.74. The molecule has 0 atom stereocenters. The average Bonchev–Trinajstić information content (AvgIpc) is 4.17. The molecule has 0 fully saturated rings. The lowest BCUT2D eigenvalue weighted by atomic mass is 10.0. The van der Waals surface area contributed by atoms with Crippen molar-refractivity contribution in [1.29, 1.82) is 0 Å². The van der Waals surface area contributed by atoms with Crippen molar-refractivity contribution in [3.8, 4) is 51.0 Å². The summed E-state index contributed by atoms with van der Waals surface area (Å²) in [6.07, 6.45) is 0. The number of aromatic nitrogens is 5. The number of benzene rings is 10.